The summed E-state index contributed by atoms with van der Waals surface area (Å²) in [7, 11) is -3.53. The number of sulfonamides is 1. The molecule has 7 heteroatoms. The Hall–Kier alpha value is -1.60. The van der Waals surface area contributed by atoms with Gasteiger partial charge in [-0.05, 0) is 42.5 Å². The maximum Gasteiger partial charge on any atom is 0.257 e. The lowest BCUT2D eigenvalue weighted by molar-refractivity contribution is -0.123. The number of aryl methyl sites for hydroxylation is 1. The van der Waals surface area contributed by atoms with Crippen molar-refractivity contribution in [2.45, 2.75) is 39.5 Å². The molecule has 1 aromatic carbocycles. The maximum atomic E-state index is 12.2. The van der Waals surface area contributed by atoms with E-state index in [-0.39, 0.29) is 23.3 Å². The van der Waals surface area contributed by atoms with Crippen molar-refractivity contribution < 1.29 is 17.9 Å². The number of amides is 1. The van der Waals surface area contributed by atoms with Crippen LogP contribution in [0.1, 0.15) is 33.3 Å². The fraction of sp³-hybridized carbons (Fsp3) is 0.588. The Morgan fingerprint density at radius 1 is 1.12 bits per heavy atom. The average molecular weight is 356 g/mol. The monoisotopic (exact) mass is 356 g/mol. The van der Waals surface area contributed by atoms with Gasteiger partial charge in [-0.1, -0.05) is 27.7 Å². The molecule has 0 aliphatic carbocycles. The Kier molecular flexibility index (Phi) is 7.69. The molecular weight excluding hydrogens is 328 g/mol. The summed E-state index contributed by atoms with van der Waals surface area (Å²) < 4.78 is 32.4. The molecule has 0 saturated heterocycles. The van der Waals surface area contributed by atoms with Crippen LogP contribution in [0.15, 0.2) is 23.1 Å². The minimum Gasteiger partial charge on any atom is -0.484 e. The Bertz CT molecular complexity index is 655. The van der Waals surface area contributed by atoms with Crippen LogP contribution < -0.4 is 14.8 Å². The molecule has 0 bridgehead atoms. The van der Waals surface area contributed by atoms with E-state index in [2.05, 4.69) is 10.0 Å². The molecule has 136 valence electrons. The van der Waals surface area contributed by atoms with Gasteiger partial charge >= 0.3 is 0 Å². The van der Waals surface area contributed by atoms with Crippen molar-refractivity contribution in [2.24, 2.45) is 11.8 Å². The molecule has 1 aromatic rings. The Morgan fingerprint density at radius 3 is 2.29 bits per heavy atom. The predicted octanol–water partition coefficient (Wildman–Crippen LogP) is 2.08. The minimum atomic E-state index is -3.53. The fourth-order valence-electron chi connectivity index (χ4n) is 1.82. The van der Waals surface area contributed by atoms with Crippen molar-refractivity contribution in [1.29, 1.82) is 0 Å². The lowest BCUT2D eigenvalue weighted by Gasteiger charge is -2.13. The highest BCUT2D eigenvalue weighted by atomic mass is 32.2. The highest BCUT2D eigenvalue weighted by Crippen LogP contribution is 2.21. The lowest BCUT2D eigenvalue weighted by Crippen LogP contribution is -2.31. The fourth-order valence-corrected chi connectivity index (χ4v) is 3.12. The first-order valence-corrected chi connectivity index (χ1v) is 9.60. The van der Waals surface area contributed by atoms with Crippen LogP contribution in [-0.4, -0.2) is 34.0 Å². The van der Waals surface area contributed by atoms with E-state index in [4.69, 9.17) is 4.74 Å². The number of nitrogens with one attached hydrogen (secondary N) is 2. The molecule has 0 aromatic heterocycles. The predicted molar refractivity (Wildman–Crippen MR) is 94.5 cm³/mol. The van der Waals surface area contributed by atoms with Crippen molar-refractivity contribution in [2.75, 3.05) is 19.7 Å². The molecule has 0 heterocycles. The van der Waals surface area contributed by atoms with E-state index in [0.717, 1.165) is 0 Å². The molecule has 6 nitrogen and oxygen atoms in total. The summed E-state index contributed by atoms with van der Waals surface area (Å²) in [5, 5.41) is 2.76. The van der Waals surface area contributed by atoms with Crippen LogP contribution >= 0.6 is 0 Å². The van der Waals surface area contributed by atoms with Gasteiger partial charge in [0.2, 0.25) is 10.0 Å². The zero-order chi connectivity index (χ0) is 18.3. The van der Waals surface area contributed by atoms with E-state index in [1.54, 1.807) is 19.1 Å². The topological polar surface area (TPSA) is 84.5 Å². The SMILES string of the molecule is Cc1cc(S(=O)(=O)NCC(C)C)ccc1OCC(=O)NCC(C)C. The smallest absolute Gasteiger partial charge is 0.257 e. The normalized spacial score (nSPS) is 11.8. The average Bonchev–Trinajstić information content (AvgIpc) is 2.49. The van der Waals surface area contributed by atoms with E-state index < -0.39 is 10.0 Å². The maximum absolute atomic E-state index is 12.2. The van der Waals surface area contributed by atoms with Crippen molar-refractivity contribution in [3.05, 3.63) is 23.8 Å². The summed E-state index contributed by atoms with van der Waals surface area (Å²) in [5.74, 6) is 0.905. The number of hydrogen-bond acceptors (Lipinski definition) is 4. The molecule has 0 saturated carbocycles. The summed E-state index contributed by atoms with van der Waals surface area (Å²) in [4.78, 5) is 11.9. The van der Waals surface area contributed by atoms with Gasteiger partial charge in [-0.25, -0.2) is 13.1 Å². The third-order valence-electron chi connectivity index (χ3n) is 3.20. The minimum absolute atomic E-state index is 0.0920. The number of carbonyl (C=O) groups excluding carboxylic acids is 1. The summed E-state index contributed by atoms with van der Waals surface area (Å²) in [6.45, 7) is 10.5. The van der Waals surface area contributed by atoms with Crippen LogP contribution in [-0.2, 0) is 14.8 Å². The second-order valence-electron chi connectivity index (χ2n) is 6.66. The number of hydrogen-bond donors (Lipinski definition) is 2. The molecule has 0 aliphatic rings. The zero-order valence-corrected chi connectivity index (χ0v) is 15.9. The number of benzene rings is 1. The van der Waals surface area contributed by atoms with Gasteiger partial charge in [0.25, 0.3) is 5.91 Å². The van der Waals surface area contributed by atoms with Gasteiger partial charge in [-0.2, -0.15) is 0 Å². The molecule has 0 spiro atoms. The van der Waals surface area contributed by atoms with Gasteiger partial charge in [0.1, 0.15) is 5.75 Å². The first-order chi connectivity index (χ1) is 11.1. The standard InChI is InChI=1S/C17H28N2O4S/c1-12(2)9-18-17(20)11-23-16-7-6-15(8-14(16)5)24(21,22)19-10-13(3)4/h6-8,12-13,19H,9-11H2,1-5H3,(H,18,20). The molecule has 0 atom stereocenters. The van der Waals surface area contributed by atoms with Gasteiger partial charge in [-0.3, -0.25) is 4.79 Å². The molecule has 0 aliphatic heterocycles. The summed E-state index contributed by atoms with van der Waals surface area (Å²) >= 11 is 0. The first kappa shape index (κ1) is 20.4. The Morgan fingerprint density at radius 2 is 1.75 bits per heavy atom. The van der Waals surface area contributed by atoms with Crippen molar-refractivity contribution in [1.82, 2.24) is 10.0 Å². The summed E-state index contributed by atoms with van der Waals surface area (Å²) in [6, 6.07) is 4.61. The Labute approximate surface area is 145 Å². The van der Waals surface area contributed by atoms with E-state index in [9.17, 15) is 13.2 Å². The van der Waals surface area contributed by atoms with Gasteiger partial charge in [-0.15, -0.1) is 0 Å². The van der Waals surface area contributed by atoms with Gasteiger partial charge in [0.15, 0.2) is 6.61 Å². The third-order valence-corrected chi connectivity index (χ3v) is 4.63. The van der Waals surface area contributed by atoms with E-state index in [0.29, 0.717) is 30.3 Å². The van der Waals surface area contributed by atoms with Crippen LogP contribution in [0.4, 0.5) is 0 Å². The Balaban J connectivity index is 2.69. The largest absolute Gasteiger partial charge is 0.484 e. The van der Waals surface area contributed by atoms with E-state index in [1.807, 2.05) is 27.7 Å². The van der Waals surface area contributed by atoms with Crippen LogP contribution in [0.25, 0.3) is 0 Å². The first-order valence-electron chi connectivity index (χ1n) is 8.11. The highest BCUT2D eigenvalue weighted by Gasteiger charge is 2.16. The molecule has 0 unspecified atom stereocenters. The molecule has 24 heavy (non-hydrogen) atoms. The molecule has 1 rings (SSSR count). The van der Waals surface area contributed by atoms with Crippen molar-refractivity contribution >= 4 is 15.9 Å². The molecule has 1 amide bonds. The van der Waals surface area contributed by atoms with Crippen LogP contribution in [0, 0.1) is 18.8 Å². The highest BCUT2D eigenvalue weighted by molar-refractivity contribution is 7.89. The van der Waals surface area contributed by atoms with Gasteiger partial charge in [0, 0.05) is 13.1 Å². The van der Waals surface area contributed by atoms with Crippen molar-refractivity contribution in [3.63, 3.8) is 0 Å². The van der Waals surface area contributed by atoms with E-state index in [1.165, 1.54) is 6.07 Å². The van der Waals surface area contributed by atoms with Crippen molar-refractivity contribution in [3.8, 4) is 5.75 Å². The summed E-state index contributed by atoms with van der Waals surface area (Å²) in [6.07, 6.45) is 0. The molecular formula is C17H28N2O4S. The van der Waals surface area contributed by atoms with Crippen LogP contribution in [0.3, 0.4) is 0 Å². The molecule has 2 N–H and O–H groups in total. The summed E-state index contributed by atoms with van der Waals surface area (Å²) in [5.41, 5.74) is 0.666. The number of rotatable bonds is 9. The van der Waals surface area contributed by atoms with Crippen LogP contribution in [0.5, 0.6) is 5.75 Å². The quantitative estimate of drug-likeness (QED) is 0.709. The molecule has 0 fully saturated rings. The van der Waals surface area contributed by atoms with Gasteiger partial charge in [0.05, 0.1) is 4.90 Å². The third kappa shape index (κ3) is 6.88. The second kappa shape index (κ2) is 9.03. The second-order valence-corrected chi connectivity index (χ2v) is 8.43. The zero-order valence-electron chi connectivity index (χ0n) is 15.0. The molecule has 0 radical (unpaired) electrons. The van der Waals surface area contributed by atoms with E-state index >= 15 is 0 Å². The van der Waals surface area contributed by atoms with Gasteiger partial charge < -0.3 is 10.1 Å². The van der Waals surface area contributed by atoms with Crippen LogP contribution in [0.2, 0.25) is 0 Å². The number of carbonyl (C=O) groups is 1. The lowest BCUT2D eigenvalue weighted by atomic mass is 10.2. The number of ether oxygens (including phenoxy) is 1.